The third-order valence-corrected chi connectivity index (χ3v) is 11.2. The van der Waals surface area contributed by atoms with Crippen molar-refractivity contribution in [1.82, 2.24) is 20.0 Å². The average molecular weight is 625 g/mol. The first-order chi connectivity index (χ1) is 20.6. The summed E-state index contributed by atoms with van der Waals surface area (Å²) in [6.07, 6.45) is 2.53. The second kappa shape index (κ2) is 10.9. The van der Waals surface area contributed by atoms with Crippen molar-refractivity contribution in [2.45, 2.75) is 95.9 Å². The predicted molar refractivity (Wildman–Crippen MR) is 167 cm³/mol. The van der Waals surface area contributed by atoms with Gasteiger partial charge in [-0.2, -0.15) is 0 Å². The lowest BCUT2D eigenvalue weighted by molar-refractivity contribution is -0.137. The molecule has 0 N–H and O–H groups in total. The van der Waals surface area contributed by atoms with Gasteiger partial charge >= 0.3 is 0 Å². The van der Waals surface area contributed by atoms with E-state index in [9.17, 15) is 9.18 Å². The Morgan fingerprint density at radius 1 is 1.00 bits per heavy atom. The Labute approximate surface area is 264 Å². The zero-order valence-corrected chi connectivity index (χ0v) is 27.6. The molecule has 9 heteroatoms. The lowest BCUT2D eigenvalue weighted by Gasteiger charge is -2.42. The van der Waals surface area contributed by atoms with Gasteiger partial charge < -0.3 is 9.32 Å². The summed E-state index contributed by atoms with van der Waals surface area (Å²) in [6, 6.07) is 8.10. The van der Waals surface area contributed by atoms with Gasteiger partial charge in [-0.15, -0.1) is 10.2 Å². The summed E-state index contributed by atoms with van der Waals surface area (Å²) >= 11 is 6.73. The Balaban J connectivity index is 1.27. The van der Waals surface area contributed by atoms with Crippen LogP contribution in [0.2, 0.25) is 5.02 Å². The van der Waals surface area contributed by atoms with Crippen LogP contribution in [-0.2, 0) is 15.6 Å². The first-order valence-corrected chi connectivity index (χ1v) is 16.1. The van der Waals surface area contributed by atoms with Gasteiger partial charge in [0.15, 0.2) is 0 Å². The SMILES string of the molecule is Cc1nnc(C(C)(C)[C@H]2CC3(CCN(C(=O)[C@@H]4CN(C(C)(C)C)C[C@H]4c4ccc(F)cc4F)CC3)c3cc(Cl)c(C)cc32)o1. The van der Waals surface area contributed by atoms with Crippen molar-refractivity contribution in [1.29, 1.82) is 0 Å². The molecule has 3 atom stereocenters. The van der Waals surface area contributed by atoms with Gasteiger partial charge in [0.25, 0.3) is 0 Å². The van der Waals surface area contributed by atoms with Crippen molar-refractivity contribution >= 4 is 17.5 Å². The van der Waals surface area contributed by atoms with Crippen LogP contribution in [-0.4, -0.2) is 57.6 Å². The van der Waals surface area contributed by atoms with Crippen LogP contribution in [0, 0.1) is 31.4 Å². The van der Waals surface area contributed by atoms with Crippen LogP contribution < -0.4 is 0 Å². The lowest BCUT2D eigenvalue weighted by atomic mass is 9.70. The number of carbonyl (C=O) groups is 1. The number of amides is 1. The minimum atomic E-state index is -0.607. The zero-order valence-electron chi connectivity index (χ0n) is 26.8. The van der Waals surface area contributed by atoms with Gasteiger partial charge in [-0.05, 0) is 92.7 Å². The van der Waals surface area contributed by atoms with Crippen molar-refractivity contribution < 1.29 is 18.0 Å². The van der Waals surface area contributed by atoms with Crippen LogP contribution in [0.5, 0.6) is 0 Å². The van der Waals surface area contributed by atoms with Crippen LogP contribution >= 0.6 is 11.6 Å². The van der Waals surface area contributed by atoms with Crippen LogP contribution in [0.1, 0.15) is 99.8 Å². The number of benzene rings is 2. The predicted octanol–water partition coefficient (Wildman–Crippen LogP) is 7.46. The second-order valence-corrected chi connectivity index (χ2v) is 15.3. The highest BCUT2D eigenvalue weighted by atomic mass is 35.5. The summed E-state index contributed by atoms with van der Waals surface area (Å²) < 4.78 is 34.8. The Morgan fingerprint density at radius 3 is 2.32 bits per heavy atom. The summed E-state index contributed by atoms with van der Waals surface area (Å²) in [5, 5.41) is 9.28. The van der Waals surface area contributed by atoms with Gasteiger partial charge in [0.2, 0.25) is 17.7 Å². The molecule has 0 radical (unpaired) electrons. The van der Waals surface area contributed by atoms with Crippen molar-refractivity contribution in [2.75, 3.05) is 26.2 Å². The fraction of sp³-hybridized carbons (Fsp3) is 0.571. The molecular formula is C35H43ClF2N4O2. The molecule has 2 aromatic carbocycles. The number of hydrogen-bond acceptors (Lipinski definition) is 5. The van der Waals surface area contributed by atoms with Crippen molar-refractivity contribution in [3.63, 3.8) is 0 Å². The van der Waals surface area contributed by atoms with Crippen molar-refractivity contribution in [3.8, 4) is 0 Å². The number of hydrogen-bond donors (Lipinski definition) is 0. The molecule has 3 aliphatic rings. The molecule has 2 fully saturated rings. The number of likely N-dealkylation sites (tertiary alicyclic amines) is 2. The Hall–Kier alpha value is -2.84. The molecule has 2 aliphatic heterocycles. The minimum Gasteiger partial charge on any atom is -0.425 e. The molecule has 1 amide bonds. The minimum absolute atomic E-state index is 0.0544. The third kappa shape index (κ3) is 5.26. The molecular weight excluding hydrogens is 582 g/mol. The van der Waals surface area contributed by atoms with Crippen molar-refractivity contribution in [3.05, 3.63) is 81.0 Å². The van der Waals surface area contributed by atoms with E-state index in [-0.39, 0.29) is 34.1 Å². The number of aryl methyl sites for hydroxylation is 2. The number of carbonyl (C=O) groups excluding carboxylic acids is 1. The van der Waals surface area contributed by atoms with E-state index in [1.54, 1.807) is 0 Å². The molecule has 3 aromatic rings. The molecule has 1 aliphatic carbocycles. The number of fused-ring (bicyclic) bond motifs is 2. The molecule has 3 heterocycles. The van der Waals surface area contributed by atoms with Gasteiger partial charge in [-0.3, -0.25) is 9.69 Å². The molecule has 1 spiro atoms. The highest BCUT2D eigenvalue weighted by molar-refractivity contribution is 6.31. The lowest BCUT2D eigenvalue weighted by Crippen LogP contribution is -2.48. The van der Waals surface area contributed by atoms with Crippen LogP contribution in [0.4, 0.5) is 8.78 Å². The molecule has 44 heavy (non-hydrogen) atoms. The van der Waals surface area contributed by atoms with Crippen LogP contribution in [0.15, 0.2) is 34.7 Å². The zero-order chi connectivity index (χ0) is 31.8. The van der Waals surface area contributed by atoms with Gasteiger partial charge in [-0.25, -0.2) is 8.78 Å². The van der Waals surface area contributed by atoms with E-state index < -0.39 is 17.6 Å². The summed E-state index contributed by atoms with van der Waals surface area (Å²) in [5.74, 6) is -0.540. The normalized spacial score (nSPS) is 23.9. The molecule has 0 unspecified atom stereocenters. The van der Waals surface area contributed by atoms with Crippen LogP contribution in [0.25, 0.3) is 0 Å². The molecule has 2 saturated heterocycles. The van der Waals surface area contributed by atoms with E-state index in [1.807, 2.05) is 18.7 Å². The number of piperidine rings is 1. The second-order valence-electron chi connectivity index (χ2n) is 14.9. The average Bonchev–Trinajstić information content (AvgIpc) is 3.67. The molecule has 1 aromatic heterocycles. The van der Waals surface area contributed by atoms with Gasteiger partial charge in [0.1, 0.15) is 11.6 Å². The van der Waals surface area contributed by atoms with Gasteiger partial charge in [0, 0.05) is 61.1 Å². The fourth-order valence-electron chi connectivity index (χ4n) is 7.99. The largest absolute Gasteiger partial charge is 0.425 e. The van der Waals surface area contributed by atoms with E-state index in [0.29, 0.717) is 43.5 Å². The highest BCUT2D eigenvalue weighted by Gasteiger charge is 2.53. The summed E-state index contributed by atoms with van der Waals surface area (Å²) in [6.45, 7) is 16.9. The van der Waals surface area contributed by atoms with E-state index >= 15 is 4.39 Å². The maximum absolute atomic E-state index is 15.1. The van der Waals surface area contributed by atoms with Gasteiger partial charge in [-0.1, -0.05) is 37.6 Å². The number of nitrogens with zero attached hydrogens (tertiary/aromatic N) is 4. The van der Waals surface area contributed by atoms with E-state index in [2.05, 4.69) is 61.8 Å². The van der Waals surface area contributed by atoms with E-state index in [4.69, 9.17) is 16.0 Å². The smallest absolute Gasteiger partial charge is 0.227 e. The topological polar surface area (TPSA) is 62.5 Å². The summed E-state index contributed by atoms with van der Waals surface area (Å²) in [7, 11) is 0. The fourth-order valence-corrected chi connectivity index (χ4v) is 8.16. The molecule has 0 bridgehead atoms. The van der Waals surface area contributed by atoms with E-state index in [1.165, 1.54) is 23.3 Å². The Bertz CT molecular complexity index is 1590. The van der Waals surface area contributed by atoms with Crippen molar-refractivity contribution in [2.24, 2.45) is 5.92 Å². The Morgan fingerprint density at radius 2 is 1.70 bits per heavy atom. The summed E-state index contributed by atoms with van der Waals surface area (Å²) in [4.78, 5) is 18.5. The Kier molecular flexibility index (Phi) is 7.72. The van der Waals surface area contributed by atoms with Gasteiger partial charge in [0.05, 0.1) is 5.92 Å². The summed E-state index contributed by atoms with van der Waals surface area (Å²) in [5.41, 5.74) is 3.30. The third-order valence-electron chi connectivity index (χ3n) is 10.8. The van der Waals surface area contributed by atoms with E-state index in [0.717, 1.165) is 35.9 Å². The number of aromatic nitrogens is 2. The highest BCUT2D eigenvalue weighted by Crippen LogP contribution is 2.58. The maximum atomic E-state index is 15.1. The first kappa shape index (κ1) is 31.2. The maximum Gasteiger partial charge on any atom is 0.227 e. The quantitative estimate of drug-likeness (QED) is 0.302. The molecule has 6 nitrogen and oxygen atoms in total. The molecule has 236 valence electrons. The first-order valence-electron chi connectivity index (χ1n) is 15.7. The standard InChI is InChI=1S/C35H43ClF2N4O2/c1-20-14-24-27(16-29(20)36)35(17-28(24)34(6,7)32-40-39-21(2)44-32)10-12-41(13-11-35)31(43)26-19-42(33(3,4)5)18-25(26)23-9-8-22(37)15-30(23)38/h8-9,14-16,25-26,28H,10-13,17-19H2,1-7H3/t25-,26+,28-/m0/s1. The molecule has 0 saturated carbocycles. The molecule has 6 rings (SSSR count). The van der Waals surface area contributed by atoms with Crippen LogP contribution in [0.3, 0.4) is 0 Å². The monoisotopic (exact) mass is 624 g/mol. The number of halogens is 3. The number of rotatable bonds is 4.